The molecule has 2 aromatic rings. The Morgan fingerprint density at radius 3 is 2.46 bits per heavy atom. The maximum absolute atomic E-state index is 13.0. The van der Waals surface area contributed by atoms with Crippen molar-refractivity contribution in [2.45, 2.75) is 18.7 Å². The van der Waals surface area contributed by atoms with E-state index in [-0.39, 0.29) is 23.5 Å². The van der Waals surface area contributed by atoms with Gasteiger partial charge in [0.2, 0.25) is 10.0 Å². The highest BCUT2D eigenvalue weighted by Crippen LogP contribution is 2.14. The van der Waals surface area contributed by atoms with E-state index in [4.69, 9.17) is 0 Å². The van der Waals surface area contributed by atoms with Crippen molar-refractivity contribution in [3.8, 4) is 0 Å². The summed E-state index contributed by atoms with van der Waals surface area (Å²) in [5, 5.41) is 2.54. The lowest BCUT2D eigenvalue weighted by Gasteiger charge is -2.09. The number of halogens is 1. The number of amides is 1. The van der Waals surface area contributed by atoms with Gasteiger partial charge in [0.1, 0.15) is 5.82 Å². The molecule has 7 heteroatoms. The first-order valence-corrected chi connectivity index (χ1v) is 8.88. The third-order valence-corrected chi connectivity index (χ3v) is 5.04. The SMILES string of the molecule is Cc1ccc(S(=O)(=O)NCCNC(=O)c2cccc(F)c2)cc1C. The highest BCUT2D eigenvalue weighted by molar-refractivity contribution is 7.89. The van der Waals surface area contributed by atoms with Crippen molar-refractivity contribution in [3.05, 3.63) is 65.0 Å². The Morgan fingerprint density at radius 1 is 1.04 bits per heavy atom. The first-order chi connectivity index (χ1) is 11.3. The minimum absolute atomic E-state index is 0.0380. The van der Waals surface area contributed by atoms with Crippen molar-refractivity contribution in [1.82, 2.24) is 10.0 Å². The maximum atomic E-state index is 13.0. The second kappa shape index (κ2) is 7.55. The predicted octanol–water partition coefficient (Wildman–Crippen LogP) is 2.15. The van der Waals surface area contributed by atoms with Crippen molar-refractivity contribution in [2.24, 2.45) is 0 Å². The molecule has 0 bridgehead atoms. The van der Waals surface area contributed by atoms with Gasteiger partial charge < -0.3 is 5.32 Å². The number of benzene rings is 2. The van der Waals surface area contributed by atoms with Gasteiger partial charge in [0, 0.05) is 18.7 Å². The van der Waals surface area contributed by atoms with Gasteiger partial charge in [-0.1, -0.05) is 12.1 Å². The quantitative estimate of drug-likeness (QED) is 0.784. The van der Waals surface area contributed by atoms with Crippen LogP contribution in [0.25, 0.3) is 0 Å². The summed E-state index contributed by atoms with van der Waals surface area (Å²) in [4.78, 5) is 12.0. The molecular weight excluding hydrogens is 331 g/mol. The number of sulfonamides is 1. The van der Waals surface area contributed by atoms with Crippen LogP contribution >= 0.6 is 0 Å². The summed E-state index contributed by atoms with van der Waals surface area (Å²) < 4.78 is 39.8. The highest BCUT2D eigenvalue weighted by Gasteiger charge is 2.14. The van der Waals surface area contributed by atoms with Gasteiger partial charge in [-0.25, -0.2) is 17.5 Å². The van der Waals surface area contributed by atoms with Crippen LogP contribution in [0.3, 0.4) is 0 Å². The van der Waals surface area contributed by atoms with Gasteiger partial charge in [-0.3, -0.25) is 4.79 Å². The Bertz CT molecular complexity index is 851. The molecule has 0 atom stereocenters. The molecule has 1 amide bonds. The molecular formula is C17H19FN2O3S. The van der Waals surface area contributed by atoms with E-state index >= 15 is 0 Å². The molecule has 128 valence electrons. The lowest BCUT2D eigenvalue weighted by atomic mass is 10.1. The number of rotatable bonds is 6. The molecule has 0 saturated carbocycles. The van der Waals surface area contributed by atoms with E-state index in [0.717, 1.165) is 17.2 Å². The standard InChI is InChI=1S/C17H19FN2O3S/c1-12-6-7-16(10-13(12)2)24(22,23)20-9-8-19-17(21)14-4-3-5-15(18)11-14/h3-7,10-11,20H,8-9H2,1-2H3,(H,19,21). The Balaban J connectivity index is 1.89. The molecule has 0 radical (unpaired) electrons. The summed E-state index contributed by atoms with van der Waals surface area (Å²) in [6, 6.07) is 10.2. The molecule has 5 nitrogen and oxygen atoms in total. The topological polar surface area (TPSA) is 75.3 Å². The maximum Gasteiger partial charge on any atom is 0.251 e. The van der Waals surface area contributed by atoms with Crippen molar-refractivity contribution in [3.63, 3.8) is 0 Å². The summed E-state index contributed by atoms with van der Waals surface area (Å²) in [5.74, 6) is -0.960. The van der Waals surface area contributed by atoms with E-state index < -0.39 is 21.7 Å². The zero-order valence-electron chi connectivity index (χ0n) is 13.5. The second-order valence-electron chi connectivity index (χ2n) is 5.41. The minimum atomic E-state index is -3.63. The zero-order chi connectivity index (χ0) is 17.7. The fraction of sp³-hybridized carbons (Fsp3) is 0.235. The third-order valence-electron chi connectivity index (χ3n) is 3.58. The Morgan fingerprint density at radius 2 is 1.79 bits per heavy atom. The highest BCUT2D eigenvalue weighted by atomic mass is 32.2. The van der Waals surface area contributed by atoms with Crippen LogP contribution in [0.5, 0.6) is 0 Å². The van der Waals surface area contributed by atoms with E-state index in [1.54, 1.807) is 12.1 Å². The number of carbonyl (C=O) groups excluding carboxylic acids is 1. The fourth-order valence-electron chi connectivity index (χ4n) is 2.06. The first-order valence-electron chi connectivity index (χ1n) is 7.40. The van der Waals surface area contributed by atoms with Crippen molar-refractivity contribution < 1.29 is 17.6 Å². The summed E-state index contributed by atoms with van der Waals surface area (Å²) in [5.41, 5.74) is 2.08. The van der Waals surface area contributed by atoms with Crippen LogP contribution in [0.2, 0.25) is 0 Å². The number of hydrogen-bond acceptors (Lipinski definition) is 3. The summed E-state index contributed by atoms with van der Waals surface area (Å²) in [6.07, 6.45) is 0. The lowest BCUT2D eigenvalue weighted by Crippen LogP contribution is -2.34. The molecule has 0 saturated heterocycles. The monoisotopic (exact) mass is 350 g/mol. The van der Waals surface area contributed by atoms with Crippen LogP contribution in [0.15, 0.2) is 47.4 Å². The van der Waals surface area contributed by atoms with Crippen LogP contribution in [0.4, 0.5) is 4.39 Å². The molecule has 0 aliphatic heterocycles. The van der Waals surface area contributed by atoms with Crippen molar-refractivity contribution >= 4 is 15.9 Å². The van der Waals surface area contributed by atoms with Crippen LogP contribution < -0.4 is 10.0 Å². The van der Waals surface area contributed by atoms with Crippen molar-refractivity contribution in [1.29, 1.82) is 0 Å². The minimum Gasteiger partial charge on any atom is -0.351 e. The van der Waals surface area contributed by atoms with E-state index in [9.17, 15) is 17.6 Å². The summed E-state index contributed by atoms with van der Waals surface area (Å²) in [7, 11) is -3.63. The number of hydrogen-bond donors (Lipinski definition) is 2. The van der Waals surface area contributed by atoms with Crippen LogP contribution in [-0.4, -0.2) is 27.4 Å². The number of aryl methyl sites for hydroxylation is 2. The van der Waals surface area contributed by atoms with E-state index in [0.29, 0.717) is 0 Å². The normalized spacial score (nSPS) is 11.3. The van der Waals surface area contributed by atoms with E-state index in [1.807, 2.05) is 13.8 Å². The van der Waals surface area contributed by atoms with Crippen molar-refractivity contribution in [2.75, 3.05) is 13.1 Å². The molecule has 24 heavy (non-hydrogen) atoms. The summed E-state index contributed by atoms with van der Waals surface area (Å²) in [6.45, 7) is 3.88. The van der Waals surface area contributed by atoms with Gasteiger partial charge in [-0.2, -0.15) is 0 Å². The molecule has 2 rings (SSSR count). The molecule has 0 spiro atoms. The van der Waals surface area contributed by atoms with Crippen LogP contribution in [-0.2, 0) is 10.0 Å². The average molecular weight is 350 g/mol. The molecule has 2 N–H and O–H groups in total. The molecule has 2 aromatic carbocycles. The number of carbonyl (C=O) groups is 1. The van der Waals surface area contributed by atoms with E-state index in [1.165, 1.54) is 24.3 Å². The van der Waals surface area contributed by atoms with E-state index in [2.05, 4.69) is 10.0 Å². The van der Waals surface area contributed by atoms with Gasteiger partial charge in [-0.05, 0) is 55.3 Å². The smallest absolute Gasteiger partial charge is 0.251 e. The Labute approximate surface area is 141 Å². The van der Waals surface area contributed by atoms with Gasteiger partial charge in [0.25, 0.3) is 5.91 Å². The lowest BCUT2D eigenvalue weighted by molar-refractivity contribution is 0.0954. The van der Waals surface area contributed by atoms with Gasteiger partial charge in [0.15, 0.2) is 0 Å². The zero-order valence-corrected chi connectivity index (χ0v) is 14.3. The van der Waals surface area contributed by atoms with Gasteiger partial charge in [-0.15, -0.1) is 0 Å². The fourth-order valence-corrected chi connectivity index (χ4v) is 3.17. The van der Waals surface area contributed by atoms with Crippen LogP contribution in [0, 0.1) is 19.7 Å². The molecule has 0 fully saturated rings. The predicted molar refractivity (Wildman–Crippen MR) is 89.8 cm³/mol. The third kappa shape index (κ3) is 4.62. The Kier molecular flexibility index (Phi) is 5.69. The number of nitrogens with one attached hydrogen (secondary N) is 2. The summed E-state index contributed by atoms with van der Waals surface area (Å²) >= 11 is 0. The second-order valence-corrected chi connectivity index (χ2v) is 7.18. The molecule has 0 aliphatic rings. The molecule has 0 heterocycles. The molecule has 0 aliphatic carbocycles. The Hall–Kier alpha value is -2.25. The average Bonchev–Trinajstić information content (AvgIpc) is 2.54. The van der Waals surface area contributed by atoms with Crippen LogP contribution in [0.1, 0.15) is 21.5 Å². The molecule has 0 unspecified atom stereocenters. The van der Waals surface area contributed by atoms with Gasteiger partial charge in [0.05, 0.1) is 4.90 Å². The largest absolute Gasteiger partial charge is 0.351 e. The first kappa shape index (κ1) is 18.1. The van der Waals surface area contributed by atoms with Gasteiger partial charge >= 0.3 is 0 Å². The molecule has 0 aromatic heterocycles.